The Labute approximate surface area is 133 Å². The van der Waals surface area contributed by atoms with Gasteiger partial charge in [0.1, 0.15) is 11.8 Å². The Hall–Kier alpha value is -1.28. The van der Waals surface area contributed by atoms with E-state index in [2.05, 4.69) is 42.5 Å². The van der Waals surface area contributed by atoms with Crippen molar-refractivity contribution in [3.63, 3.8) is 0 Å². The lowest BCUT2D eigenvalue weighted by Gasteiger charge is -2.15. The molecular weight excluding hydrogens is 396 g/mol. The maximum Gasteiger partial charge on any atom is 0.326 e. The number of hydrogen-bond acceptors (Lipinski definition) is 3. The number of carboxylic acids is 1. The highest BCUT2D eigenvalue weighted by atomic mass is 79.9. The van der Waals surface area contributed by atoms with Gasteiger partial charge in [-0.05, 0) is 44.3 Å². The minimum atomic E-state index is -1.07. The minimum Gasteiger partial charge on any atom is -0.495 e. The van der Waals surface area contributed by atoms with Gasteiger partial charge in [-0.3, -0.25) is 0 Å². The fourth-order valence-corrected chi connectivity index (χ4v) is 2.69. The molecule has 0 fully saturated rings. The number of carbonyl (C=O) groups excluding carboxylic acids is 1. The molecule has 110 valence electrons. The van der Waals surface area contributed by atoms with Gasteiger partial charge in [-0.25, -0.2) is 9.59 Å². The molecule has 0 heterocycles. The van der Waals surface area contributed by atoms with Gasteiger partial charge >= 0.3 is 12.0 Å². The number of urea groups is 1. The van der Waals surface area contributed by atoms with Crippen molar-refractivity contribution in [1.82, 2.24) is 5.32 Å². The molecule has 0 bridgehead atoms. The summed E-state index contributed by atoms with van der Waals surface area (Å²) >= 11 is 6.62. The van der Waals surface area contributed by atoms with E-state index in [4.69, 9.17) is 9.84 Å². The molecule has 8 heteroatoms. The number of ether oxygens (including phenoxy) is 1. The van der Waals surface area contributed by atoms with Crippen LogP contribution in [0, 0.1) is 0 Å². The number of carbonyl (C=O) groups is 2. The summed E-state index contributed by atoms with van der Waals surface area (Å²) in [4.78, 5) is 22.6. The zero-order valence-corrected chi connectivity index (χ0v) is 14.0. The van der Waals surface area contributed by atoms with Crippen LogP contribution < -0.4 is 15.4 Å². The fraction of sp³-hybridized carbons (Fsp3) is 0.333. The third-order valence-electron chi connectivity index (χ3n) is 2.50. The summed E-state index contributed by atoms with van der Waals surface area (Å²) in [5.74, 6) is -0.524. The predicted octanol–water partition coefficient (Wildman–Crippen LogP) is 3.20. The molecule has 1 aromatic rings. The first-order valence-electron chi connectivity index (χ1n) is 5.72. The maximum absolute atomic E-state index is 11.8. The van der Waals surface area contributed by atoms with Crippen LogP contribution in [0.2, 0.25) is 0 Å². The molecule has 6 nitrogen and oxygen atoms in total. The van der Waals surface area contributed by atoms with Gasteiger partial charge < -0.3 is 20.5 Å². The molecule has 2 amide bonds. The molecule has 0 radical (unpaired) electrons. The quantitative estimate of drug-likeness (QED) is 0.696. The van der Waals surface area contributed by atoms with E-state index in [-0.39, 0.29) is 0 Å². The Balaban J connectivity index is 2.83. The predicted molar refractivity (Wildman–Crippen MR) is 82.3 cm³/mol. The molecule has 0 aromatic heterocycles. The number of amides is 2. The molecule has 0 aliphatic heterocycles. The molecule has 1 atom stereocenters. The molecule has 0 aliphatic carbocycles. The topological polar surface area (TPSA) is 87.7 Å². The van der Waals surface area contributed by atoms with Crippen molar-refractivity contribution in [3.05, 3.63) is 21.1 Å². The Bertz CT molecular complexity index is 522. The SMILES string of the molecule is CC[C@H](NC(=O)Nc1cc(OC)c(Br)cc1Br)C(=O)O. The largest absolute Gasteiger partial charge is 0.495 e. The summed E-state index contributed by atoms with van der Waals surface area (Å²) in [7, 11) is 1.51. The first-order chi connectivity index (χ1) is 9.38. The molecule has 1 aromatic carbocycles. The third kappa shape index (κ3) is 4.38. The molecule has 20 heavy (non-hydrogen) atoms. The average molecular weight is 410 g/mol. The molecule has 0 aliphatic rings. The number of aliphatic carboxylic acids is 1. The van der Waals surface area contributed by atoms with E-state index in [0.717, 1.165) is 4.47 Å². The van der Waals surface area contributed by atoms with Crippen LogP contribution in [0.5, 0.6) is 5.75 Å². The average Bonchev–Trinajstić information content (AvgIpc) is 2.38. The molecule has 3 N–H and O–H groups in total. The monoisotopic (exact) mass is 408 g/mol. The van der Waals surface area contributed by atoms with Crippen LogP contribution in [0.1, 0.15) is 13.3 Å². The van der Waals surface area contributed by atoms with Gasteiger partial charge in [-0.2, -0.15) is 0 Å². The Morgan fingerprint density at radius 2 is 2.00 bits per heavy atom. The van der Waals surface area contributed by atoms with Gasteiger partial charge in [0.25, 0.3) is 0 Å². The van der Waals surface area contributed by atoms with Crippen molar-refractivity contribution in [2.45, 2.75) is 19.4 Å². The summed E-state index contributed by atoms with van der Waals surface area (Å²) in [6.45, 7) is 1.68. The van der Waals surface area contributed by atoms with Crippen LogP contribution >= 0.6 is 31.9 Å². The lowest BCUT2D eigenvalue weighted by molar-refractivity contribution is -0.139. The summed E-state index contributed by atoms with van der Waals surface area (Å²) in [6, 6.07) is 1.83. The number of hydrogen-bond donors (Lipinski definition) is 3. The van der Waals surface area contributed by atoms with Gasteiger partial charge in [-0.15, -0.1) is 0 Å². The van der Waals surface area contributed by atoms with E-state index >= 15 is 0 Å². The van der Waals surface area contributed by atoms with Crippen LogP contribution in [0.3, 0.4) is 0 Å². The summed E-state index contributed by atoms with van der Waals surface area (Å²) in [5.41, 5.74) is 0.475. The van der Waals surface area contributed by atoms with Gasteiger partial charge in [0.05, 0.1) is 17.3 Å². The lowest BCUT2D eigenvalue weighted by Crippen LogP contribution is -2.42. The first kappa shape index (κ1) is 16.8. The minimum absolute atomic E-state index is 0.299. The Morgan fingerprint density at radius 3 is 2.50 bits per heavy atom. The summed E-state index contributed by atoms with van der Waals surface area (Å²) in [5, 5.41) is 13.8. The number of methoxy groups -OCH3 is 1. The normalized spacial score (nSPS) is 11.6. The number of nitrogens with one attached hydrogen (secondary N) is 2. The molecular formula is C12H14Br2N2O4. The zero-order valence-electron chi connectivity index (χ0n) is 10.9. The van der Waals surface area contributed by atoms with E-state index in [0.29, 0.717) is 22.3 Å². The van der Waals surface area contributed by atoms with Crippen LogP contribution in [-0.2, 0) is 4.79 Å². The lowest BCUT2D eigenvalue weighted by atomic mass is 10.2. The van der Waals surface area contributed by atoms with Crippen molar-refractivity contribution in [2.24, 2.45) is 0 Å². The van der Waals surface area contributed by atoms with E-state index in [9.17, 15) is 9.59 Å². The van der Waals surface area contributed by atoms with Crippen LogP contribution in [0.25, 0.3) is 0 Å². The molecule has 0 saturated carbocycles. The highest BCUT2D eigenvalue weighted by molar-refractivity contribution is 9.11. The van der Waals surface area contributed by atoms with Crippen LogP contribution in [-0.4, -0.2) is 30.3 Å². The molecule has 1 rings (SSSR count). The van der Waals surface area contributed by atoms with Gasteiger partial charge in [-0.1, -0.05) is 6.92 Å². The standard InChI is InChI=1S/C12H14Br2N2O4/c1-3-8(11(17)18)15-12(19)16-9-5-10(20-2)7(14)4-6(9)13/h4-5,8H,3H2,1-2H3,(H,17,18)(H2,15,16,19)/t8-/m0/s1. The van der Waals surface area contributed by atoms with Crippen molar-refractivity contribution in [2.75, 3.05) is 12.4 Å². The van der Waals surface area contributed by atoms with Gasteiger partial charge in [0, 0.05) is 10.5 Å². The number of carboxylic acid groups (broad SMARTS) is 1. The van der Waals surface area contributed by atoms with Crippen molar-refractivity contribution in [3.8, 4) is 5.75 Å². The first-order valence-corrected chi connectivity index (χ1v) is 7.31. The van der Waals surface area contributed by atoms with Crippen molar-refractivity contribution >= 4 is 49.5 Å². The van der Waals surface area contributed by atoms with Crippen LogP contribution in [0.15, 0.2) is 21.1 Å². The maximum atomic E-state index is 11.8. The number of benzene rings is 1. The van der Waals surface area contributed by atoms with E-state index in [1.54, 1.807) is 19.1 Å². The fourth-order valence-electron chi connectivity index (χ4n) is 1.44. The molecule has 0 spiro atoms. The number of halogens is 2. The van der Waals surface area contributed by atoms with Crippen molar-refractivity contribution in [1.29, 1.82) is 0 Å². The van der Waals surface area contributed by atoms with Gasteiger partial charge in [0.2, 0.25) is 0 Å². The van der Waals surface area contributed by atoms with Crippen LogP contribution in [0.4, 0.5) is 10.5 Å². The molecule has 0 saturated heterocycles. The van der Waals surface area contributed by atoms with Gasteiger partial charge in [0.15, 0.2) is 0 Å². The Kier molecular flexibility index (Phi) is 6.28. The van der Waals surface area contributed by atoms with E-state index in [1.165, 1.54) is 7.11 Å². The third-order valence-corrected chi connectivity index (χ3v) is 3.78. The summed E-state index contributed by atoms with van der Waals surface area (Å²) < 4.78 is 6.50. The van der Waals surface area contributed by atoms with E-state index in [1.807, 2.05) is 0 Å². The number of anilines is 1. The summed E-state index contributed by atoms with van der Waals surface area (Å²) in [6.07, 6.45) is 0.299. The second kappa shape index (κ2) is 7.49. The molecule has 0 unspecified atom stereocenters. The van der Waals surface area contributed by atoms with Crippen molar-refractivity contribution < 1.29 is 19.4 Å². The highest BCUT2D eigenvalue weighted by Crippen LogP contribution is 2.34. The second-order valence-electron chi connectivity index (χ2n) is 3.86. The zero-order chi connectivity index (χ0) is 15.3. The Morgan fingerprint density at radius 1 is 1.35 bits per heavy atom. The smallest absolute Gasteiger partial charge is 0.326 e. The second-order valence-corrected chi connectivity index (χ2v) is 5.57. The number of rotatable bonds is 5. The highest BCUT2D eigenvalue weighted by Gasteiger charge is 2.18. The van der Waals surface area contributed by atoms with E-state index < -0.39 is 18.0 Å².